The van der Waals surface area contributed by atoms with Crippen LogP contribution in [0.4, 0.5) is 18.9 Å². The van der Waals surface area contributed by atoms with E-state index in [-0.39, 0.29) is 12.2 Å². The Bertz CT molecular complexity index is 707. The minimum Gasteiger partial charge on any atom is -0.326 e. The summed E-state index contributed by atoms with van der Waals surface area (Å²) in [7, 11) is 1.81. The van der Waals surface area contributed by atoms with Crippen molar-refractivity contribution in [3.05, 3.63) is 63.9 Å². The quantitative estimate of drug-likeness (QED) is 0.759. The molecule has 0 spiro atoms. The highest BCUT2D eigenvalue weighted by molar-refractivity contribution is 9.10. The zero-order valence-electron chi connectivity index (χ0n) is 12.3. The number of carbonyl (C=O) groups is 1. The van der Waals surface area contributed by atoms with E-state index in [2.05, 4.69) is 21.2 Å². The number of nitrogens with one attached hydrogen (secondary N) is 2. The van der Waals surface area contributed by atoms with Crippen LogP contribution in [-0.2, 0) is 11.3 Å². The van der Waals surface area contributed by atoms with Gasteiger partial charge in [-0.15, -0.1) is 0 Å². The van der Waals surface area contributed by atoms with Gasteiger partial charge in [-0.25, -0.2) is 13.2 Å². The van der Waals surface area contributed by atoms with Crippen LogP contribution in [0.2, 0.25) is 0 Å². The maximum absolute atomic E-state index is 13.5. The Morgan fingerprint density at radius 3 is 2.39 bits per heavy atom. The predicted octanol–water partition coefficient (Wildman–Crippen LogP) is 2.52. The highest BCUT2D eigenvalue weighted by atomic mass is 79.9. The van der Waals surface area contributed by atoms with Crippen molar-refractivity contribution < 1.29 is 22.9 Å². The summed E-state index contributed by atoms with van der Waals surface area (Å²) in [5, 5.41) is 2.26. The van der Waals surface area contributed by atoms with Crippen LogP contribution in [0.25, 0.3) is 0 Å². The molecule has 0 bridgehead atoms. The topological polar surface area (TPSA) is 33.5 Å². The molecule has 122 valence electrons. The van der Waals surface area contributed by atoms with Gasteiger partial charge in [-0.2, -0.15) is 0 Å². The van der Waals surface area contributed by atoms with Crippen LogP contribution in [0.5, 0.6) is 0 Å². The standard InChI is InChI=1S/C16H14BrF3N2O/c1-22(8-10-2-4-11(17)5-3-10)9-14(23)21-13-7-6-12(18)15(19)16(13)20/h2-7H,8-9H2,1H3,(H,21,23)/p+1. The second-order valence-corrected chi connectivity index (χ2v) is 6.12. The number of anilines is 1. The molecule has 3 nitrogen and oxygen atoms in total. The van der Waals surface area contributed by atoms with E-state index >= 15 is 0 Å². The van der Waals surface area contributed by atoms with Crippen molar-refractivity contribution in [1.29, 1.82) is 0 Å². The van der Waals surface area contributed by atoms with Gasteiger partial charge in [0.15, 0.2) is 24.0 Å². The summed E-state index contributed by atoms with van der Waals surface area (Å²) in [6.45, 7) is 0.662. The molecule has 0 aromatic heterocycles. The zero-order chi connectivity index (χ0) is 17.0. The first kappa shape index (κ1) is 17.5. The Labute approximate surface area is 140 Å². The highest BCUT2D eigenvalue weighted by Crippen LogP contribution is 2.19. The first-order chi connectivity index (χ1) is 10.9. The van der Waals surface area contributed by atoms with Gasteiger partial charge in [-0.1, -0.05) is 28.1 Å². The van der Waals surface area contributed by atoms with Gasteiger partial charge < -0.3 is 10.2 Å². The molecule has 0 radical (unpaired) electrons. The van der Waals surface area contributed by atoms with Crippen LogP contribution in [0.1, 0.15) is 5.56 Å². The minimum absolute atomic E-state index is 0.0640. The van der Waals surface area contributed by atoms with Crippen LogP contribution in [-0.4, -0.2) is 19.5 Å². The highest BCUT2D eigenvalue weighted by Gasteiger charge is 2.17. The molecular weight excluding hydrogens is 373 g/mol. The van der Waals surface area contributed by atoms with Gasteiger partial charge >= 0.3 is 0 Å². The van der Waals surface area contributed by atoms with Crippen LogP contribution >= 0.6 is 15.9 Å². The fourth-order valence-electron chi connectivity index (χ4n) is 2.10. The van der Waals surface area contributed by atoms with Gasteiger partial charge in [0.2, 0.25) is 0 Å². The molecule has 0 aliphatic heterocycles. The Hall–Kier alpha value is -1.86. The molecule has 7 heteroatoms. The van der Waals surface area contributed by atoms with Crippen molar-refractivity contribution in [2.75, 3.05) is 18.9 Å². The largest absolute Gasteiger partial charge is 0.326 e. The van der Waals surface area contributed by atoms with Crippen LogP contribution < -0.4 is 10.2 Å². The maximum Gasteiger partial charge on any atom is 0.279 e. The lowest BCUT2D eigenvalue weighted by Gasteiger charge is -2.14. The number of carbonyl (C=O) groups excluding carboxylic acids is 1. The summed E-state index contributed by atoms with van der Waals surface area (Å²) >= 11 is 3.34. The van der Waals surface area contributed by atoms with E-state index in [1.54, 1.807) is 0 Å². The number of rotatable bonds is 5. The SMILES string of the molecule is C[NH+](CC(=O)Nc1ccc(F)c(F)c1F)Cc1ccc(Br)cc1. The van der Waals surface area contributed by atoms with Gasteiger partial charge in [0, 0.05) is 10.0 Å². The third kappa shape index (κ3) is 4.80. The van der Waals surface area contributed by atoms with E-state index in [0.717, 1.165) is 27.1 Å². The van der Waals surface area contributed by atoms with Crippen molar-refractivity contribution in [3.8, 4) is 0 Å². The van der Waals surface area contributed by atoms with Crippen LogP contribution in [0, 0.1) is 17.5 Å². The van der Waals surface area contributed by atoms with Gasteiger partial charge in [-0.05, 0) is 24.3 Å². The number of halogens is 4. The molecule has 0 heterocycles. The number of hydrogen-bond acceptors (Lipinski definition) is 1. The lowest BCUT2D eigenvalue weighted by molar-refractivity contribution is -0.885. The van der Waals surface area contributed by atoms with Gasteiger partial charge in [0.1, 0.15) is 6.54 Å². The van der Waals surface area contributed by atoms with Crippen LogP contribution in [0.3, 0.4) is 0 Å². The van der Waals surface area contributed by atoms with Crippen molar-refractivity contribution in [2.45, 2.75) is 6.54 Å². The predicted molar refractivity (Wildman–Crippen MR) is 84.5 cm³/mol. The van der Waals surface area contributed by atoms with Crippen molar-refractivity contribution in [2.24, 2.45) is 0 Å². The lowest BCUT2D eigenvalue weighted by atomic mass is 10.2. The molecule has 0 saturated heterocycles. The molecule has 2 N–H and O–H groups in total. The number of amides is 1. The van der Waals surface area contributed by atoms with E-state index < -0.39 is 23.4 Å². The monoisotopic (exact) mass is 387 g/mol. The van der Waals surface area contributed by atoms with Gasteiger partial charge in [-0.3, -0.25) is 4.79 Å². The van der Waals surface area contributed by atoms with Crippen molar-refractivity contribution in [3.63, 3.8) is 0 Å². The molecule has 2 rings (SSSR count). The van der Waals surface area contributed by atoms with E-state index in [1.165, 1.54) is 0 Å². The average Bonchev–Trinajstić information content (AvgIpc) is 2.50. The van der Waals surface area contributed by atoms with E-state index in [4.69, 9.17) is 0 Å². The molecule has 0 saturated carbocycles. The molecule has 23 heavy (non-hydrogen) atoms. The molecule has 0 fully saturated rings. The Balaban J connectivity index is 1.94. The number of hydrogen-bond donors (Lipinski definition) is 2. The molecule has 1 atom stereocenters. The second-order valence-electron chi connectivity index (χ2n) is 5.21. The normalized spacial score (nSPS) is 12.0. The van der Waals surface area contributed by atoms with E-state index in [0.29, 0.717) is 6.54 Å². The lowest BCUT2D eigenvalue weighted by Crippen LogP contribution is -3.08. The van der Waals surface area contributed by atoms with Gasteiger partial charge in [0.05, 0.1) is 12.7 Å². The Morgan fingerprint density at radius 1 is 1.09 bits per heavy atom. The summed E-state index contributed by atoms with van der Waals surface area (Å²) < 4.78 is 40.4. The number of quaternary nitrogens is 1. The Morgan fingerprint density at radius 2 is 1.74 bits per heavy atom. The minimum atomic E-state index is -1.60. The summed E-state index contributed by atoms with van der Waals surface area (Å²) in [6, 6.07) is 9.43. The van der Waals surface area contributed by atoms with Crippen molar-refractivity contribution >= 4 is 27.5 Å². The smallest absolute Gasteiger partial charge is 0.279 e. The molecule has 1 unspecified atom stereocenters. The molecule has 1 amide bonds. The molecule has 0 aliphatic carbocycles. The number of benzene rings is 2. The fraction of sp³-hybridized carbons (Fsp3) is 0.188. The van der Waals surface area contributed by atoms with Crippen molar-refractivity contribution in [1.82, 2.24) is 0 Å². The Kier molecular flexibility index (Phi) is 5.79. The first-order valence-corrected chi connectivity index (χ1v) is 7.65. The molecule has 2 aromatic carbocycles. The molecule has 0 aliphatic rings. The maximum atomic E-state index is 13.5. The third-order valence-corrected chi connectivity index (χ3v) is 3.72. The molecule has 2 aromatic rings. The van der Waals surface area contributed by atoms with E-state index in [1.807, 2.05) is 31.3 Å². The number of likely N-dealkylation sites (N-methyl/N-ethyl adjacent to an activating group) is 1. The van der Waals surface area contributed by atoms with E-state index in [9.17, 15) is 18.0 Å². The van der Waals surface area contributed by atoms with Gasteiger partial charge in [0.25, 0.3) is 5.91 Å². The third-order valence-electron chi connectivity index (χ3n) is 3.19. The fourth-order valence-corrected chi connectivity index (χ4v) is 2.37. The molecular formula is C16H15BrF3N2O+. The van der Waals surface area contributed by atoms with Crippen LogP contribution in [0.15, 0.2) is 40.9 Å². The first-order valence-electron chi connectivity index (χ1n) is 6.86. The summed E-state index contributed by atoms with van der Waals surface area (Å²) in [4.78, 5) is 12.8. The summed E-state index contributed by atoms with van der Waals surface area (Å²) in [5.74, 6) is -4.77. The summed E-state index contributed by atoms with van der Waals surface area (Å²) in [5.41, 5.74) is 0.669. The summed E-state index contributed by atoms with van der Waals surface area (Å²) in [6.07, 6.45) is 0. The zero-order valence-corrected chi connectivity index (χ0v) is 13.9. The average molecular weight is 388 g/mol. The second kappa shape index (κ2) is 7.61.